The van der Waals surface area contributed by atoms with Crippen LogP contribution in [0.4, 0.5) is 5.82 Å². The maximum Gasteiger partial charge on any atom is 0.141 e. The summed E-state index contributed by atoms with van der Waals surface area (Å²) in [5.74, 6) is 1.84. The molecule has 88 valence electrons. The van der Waals surface area contributed by atoms with Crippen molar-refractivity contribution in [3.63, 3.8) is 0 Å². The van der Waals surface area contributed by atoms with Crippen LogP contribution in [0.25, 0.3) is 0 Å². The van der Waals surface area contributed by atoms with Crippen molar-refractivity contribution in [2.75, 3.05) is 12.4 Å². The van der Waals surface area contributed by atoms with E-state index in [0.29, 0.717) is 6.10 Å². The van der Waals surface area contributed by atoms with Crippen LogP contribution in [0.15, 0.2) is 12.3 Å². The highest BCUT2D eigenvalue weighted by Gasteiger charge is 2.27. The SMILES string of the molecule is CNc1cc(C(C)(C)C)c(OC2CC2)cn1. The molecule has 0 aliphatic heterocycles. The fraction of sp³-hybridized carbons (Fsp3) is 0.615. The Kier molecular flexibility index (Phi) is 2.78. The molecular formula is C13H20N2O. The van der Waals surface area contributed by atoms with Crippen molar-refractivity contribution < 1.29 is 4.74 Å². The first kappa shape index (κ1) is 11.2. The van der Waals surface area contributed by atoms with Gasteiger partial charge in [0.05, 0.1) is 12.3 Å². The van der Waals surface area contributed by atoms with Gasteiger partial charge in [-0.3, -0.25) is 0 Å². The number of aromatic nitrogens is 1. The van der Waals surface area contributed by atoms with E-state index in [9.17, 15) is 0 Å². The van der Waals surface area contributed by atoms with Gasteiger partial charge in [0.25, 0.3) is 0 Å². The molecular weight excluding hydrogens is 200 g/mol. The van der Waals surface area contributed by atoms with E-state index in [1.165, 1.54) is 18.4 Å². The van der Waals surface area contributed by atoms with Crippen LogP contribution in [-0.4, -0.2) is 18.1 Å². The predicted octanol–water partition coefficient (Wildman–Crippen LogP) is 2.96. The number of ether oxygens (including phenoxy) is 1. The molecule has 1 saturated carbocycles. The van der Waals surface area contributed by atoms with E-state index in [1.54, 1.807) is 0 Å². The molecule has 1 heterocycles. The predicted molar refractivity (Wildman–Crippen MR) is 66.1 cm³/mol. The van der Waals surface area contributed by atoms with Crippen molar-refractivity contribution >= 4 is 5.82 Å². The molecule has 0 saturated heterocycles. The Labute approximate surface area is 97.2 Å². The second-order valence-corrected chi connectivity index (χ2v) is 5.38. The third kappa shape index (κ3) is 2.46. The Morgan fingerprint density at radius 2 is 2.06 bits per heavy atom. The molecule has 0 amide bonds. The van der Waals surface area contributed by atoms with Crippen molar-refractivity contribution in [1.29, 1.82) is 0 Å². The third-order valence-electron chi connectivity index (χ3n) is 2.75. The van der Waals surface area contributed by atoms with Crippen molar-refractivity contribution in [2.24, 2.45) is 0 Å². The number of pyridine rings is 1. The average Bonchev–Trinajstić information content (AvgIpc) is 3.01. The maximum atomic E-state index is 5.89. The summed E-state index contributed by atoms with van der Waals surface area (Å²) >= 11 is 0. The molecule has 1 N–H and O–H groups in total. The van der Waals surface area contributed by atoms with Gasteiger partial charge in [0.15, 0.2) is 0 Å². The van der Waals surface area contributed by atoms with E-state index in [0.717, 1.165) is 11.6 Å². The summed E-state index contributed by atoms with van der Waals surface area (Å²) in [5, 5.41) is 3.07. The Morgan fingerprint density at radius 1 is 1.38 bits per heavy atom. The zero-order chi connectivity index (χ0) is 11.8. The number of rotatable bonds is 3. The van der Waals surface area contributed by atoms with Crippen LogP contribution >= 0.6 is 0 Å². The fourth-order valence-electron chi connectivity index (χ4n) is 1.63. The lowest BCUT2D eigenvalue weighted by Crippen LogP contribution is -2.15. The van der Waals surface area contributed by atoms with Crippen LogP contribution < -0.4 is 10.1 Å². The summed E-state index contributed by atoms with van der Waals surface area (Å²) in [6, 6.07) is 2.08. The van der Waals surface area contributed by atoms with E-state index in [2.05, 4.69) is 37.1 Å². The lowest BCUT2D eigenvalue weighted by molar-refractivity contribution is 0.293. The van der Waals surface area contributed by atoms with Crippen molar-refractivity contribution in [3.05, 3.63) is 17.8 Å². The molecule has 1 aromatic heterocycles. The highest BCUT2D eigenvalue weighted by atomic mass is 16.5. The number of anilines is 1. The molecule has 1 aromatic rings. The first-order valence-electron chi connectivity index (χ1n) is 5.85. The molecule has 16 heavy (non-hydrogen) atoms. The Morgan fingerprint density at radius 3 is 2.56 bits per heavy atom. The molecule has 2 rings (SSSR count). The Balaban J connectivity index is 2.33. The Hall–Kier alpha value is -1.25. The van der Waals surface area contributed by atoms with Gasteiger partial charge in [-0.05, 0) is 24.3 Å². The van der Waals surface area contributed by atoms with Gasteiger partial charge in [0.2, 0.25) is 0 Å². The normalized spacial score (nSPS) is 16.0. The summed E-state index contributed by atoms with van der Waals surface area (Å²) < 4.78 is 5.89. The van der Waals surface area contributed by atoms with Gasteiger partial charge in [0, 0.05) is 12.6 Å². The van der Waals surface area contributed by atoms with E-state index < -0.39 is 0 Å². The van der Waals surface area contributed by atoms with Gasteiger partial charge >= 0.3 is 0 Å². The van der Waals surface area contributed by atoms with Gasteiger partial charge in [0.1, 0.15) is 11.6 Å². The monoisotopic (exact) mass is 220 g/mol. The van der Waals surface area contributed by atoms with Gasteiger partial charge in [-0.1, -0.05) is 20.8 Å². The number of hydrogen-bond donors (Lipinski definition) is 1. The molecule has 3 nitrogen and oxygen atoms in total. The third-order valence-corrected chi connectivity index (χ3v) is 2.75. The van der Waals surface area contributed by atoms with Crippen LogP contribution in [0.1, 0.15) is 39.2 Å². The summed E-state index contributed by atoms with van der Waals surface area (Å²) in [6.07, 6.45) is 4.61. The van der Waals surface area contributed by atoms with Gasteiger partial charge in [-0.15, -0.1) is 0 Å². The van der Waals surface area contributed by atoms with Crippen LogP contribution in [0.2, 0.25) is 0 Å². The highest BCUT2D eigenvalue weighted by molar-refractivity contribution is 5.46. The second-order valence-electron chi connectivity index (χ2n) is 5.38. The minimum atomic E-state index is 0.0821. The largest absolute Gasteiger partial charge is 0.489 e. The van der Waals surface area contributed by atoms with Gasteiger partial charge < -0.3 is 10.1 Å². The zero-order valence-corrected chi connectivity index (χ0v) is 10.5. The standard InChI is InChI=1S/C13H20N2O/c1-13(2,3)10-7-12(14-4)15-8-11(10)16-9-5-6-9/h7-9H,5-6H2,1-4H3,(H,14,15). The summed E-state index contributed by atoms with van der Waals surface area (Å²) in [4.78, 5) is 4.32. The van der Waals surface area contributed by atoms with Crippen molar-refractivity contribution in [3.8, 4) is 5.75 Å². The molecule has 0 unspecified atom stereocenters. The zero-order valence-electron chi connectivity index (χ0n) is 10.5. The molecule has 0 spiro atoms. The molecule has 1 aliphatic carbocycles. The number of nitrogens with one attached hydrogen (secondary N) is 1. The Bertz CT molecular complexity index is 378. The quantitative estimate of drug-likeness (QED) is 0.850. The van der Waals surface area contributed by atoms with Gasteiger partial charge in [-0.2, -0.15) is 0 Å². The summed E-state index contributed by atoms with van der Waals surface area (Å²) in [6.45, 7) is 6.59. The summed E-state index contributed by atoms with van der Waals surface area (Å²) in [5.41, 5.74) is 1.30. The first-order valence-corrected chi connectivity index (χ1v) is 5.85. The fourth-order valence-corrected chi connectivity index (χ4v) is 1.63. The number of nitrogens with zero attached hydrogens (tertiary/aromatic N) is 1. The molecule has 0 bridgehead atoms. The summed E-state index contributed by atoms with van der Waals surface area (Å²) in [7, 11) is 1.89. The minimum Gasteiger partial charge on any atom is -0.489 e. The average molecular weight is 220 g/mol. The topological polar surface area (TPSA) is 34.1 Å². The van der Waals surface area contributed by atoms with Crippen molar-refractivity contribution in [1.82, 2.24) is 4.98 Å². The molecule has 0 aromatic carbocycles. The highest BCUT2D eigenvalue weighted by Crippen LogP contribution is 2.35. The second kappa shape index (κ2) is 3.96. The molecule has 3 heteroatoms. The van der Waals surface area contributed by atoms with Crippen molar-refractivity contribution in [2.45, 2.75) is 45.1 Å². The lowest BCUT2D eigenvalue weighted by Gasteiger charge is -2.23. The van der Waals surface area contributed by atoms with E-state index >= 15 is 0 Å². The molecule has 1 fully saturated rings. The van der Waals surface area contributed by atoms with Crippen LogP contribution in [0.3, 0.4) is 0 Å². The van der Waals surface area contributed by atoms with Gasteiger partial charge in [-0.25, -0.2) is 4.98 Å². The molecule has 0 atom stereocenters. The number of hydrogen-bond acceptors (Lipinski definition) is 3. The van der Waals surface area contributed by atoms with Crippen LogP contribution in [-0.2, 0) is 5.41 Å². The minimum absolute atomic E-state index is 0.0821. The van der Waals surface area contributed by atoms with E-state index in [4.69, 9.17) is 4.74 Å². The van der Waals surface area contributed by atoms with Crippen LogP contribution in [0, 0.1) is 0 Å². The first-order chi connectivity index (χ1) is 7.50. The molecule has 0 radical (unpaired) electrons. The smallest absolute Gasteiger partial charge is 0.141 e. The molecule has 1 aliphatic rings. The lowest BCUT2D eigenvalue weighted by atomic mass is 9.87. The van der Waals surface area contributed by atoms with E-state index in [-0.39, 0.29) is 5.41 Å². The van der Waals surface area contributed by atoms with Crippen LogP contribution in [0.5, 0.6) is 5.75 Å². The maximum absolute atomic E-state index is 5.89. The van der Waals surface area contributed by atoms with E-state index in [1.807, 2.05) is 13.2 Å².